The number of nitrogens with zero attached hydrogens (tertiary/aromatic N) is 1. The summed E-state index contributed by atoms with van der Waals surface area (Å²) in [7, 11) is 0. The fourth-order valence-electron chi connectivity index (χ4n) is 2.41. The Kier molecular flexibility index (Phi) is 4.42. The van der Waals surface area contributed by atoms with Crippen LogP contribution in [0.25, 0.3) is 0 Å². The quantitative estimate of drug-likeness (QED) is 0.883. The lowest BCUT2D eigenvalue weighted by Gasteiger charge is -2.25. The molecular formula is C14H17ClN2. The molecule has 1 N–H and O–H groups in total. The van der Waals surface area contributed by atoms with Crippen molar-refractivity contribution in [1.82, 2.24) is 5.32 Å². The molecule has 17 heavy (non-hydrogen) atoms. The maximum atomic E-state index is 9.26. The van der Waals surface area contributed by atoms with Crippen molar-refractivity contribution >= 4 is 11.6 Å². The van der Waals surface area contributed by atoms with Gasteiger partial charge >= 0.3 is 0 Å². The van der Waals surface area contributed by atoms with Crippen molar-refractivity contribution in [2.75, 3.05) is 0 Å². The van der Waals surface area contributed by atoms with Crippen LogP contribution in [0.1, 0.15) is 43.7 Å². The lowest BCUT2D eigenvalue weighted by molar-refractivity contribution is 0.360. The summed E-state index contributed by atoms with van der Waals surface area (Å²) in [6.07, 6.45) is 6.18. The first-order valence-electron chi connectivity index (χ1n) is 6.21. The minimum atomic E-state index is -0.285. The predicted octanol–water partition coefficient (Wildman–Crippen LogP) is 3.83. The normalized spacial score (nSPS) is 18.6. The van der Waals surface area contributed by atoms with Crippen LogP contribution in [0.2, 0.25) is 5.02 Å². The van der Waals surface area contributed by atoms with Crippen LogP contribution in [0.3, 0.4) is 0 Å². The first-order valence-corrected chi connectivity index (χ1v) is 6.59. The van der Waals surface area contributed by atoms with Crippen molar-refractivity contribution in [1.29, 1.82) is 5.26 Å². The van der Waals surface area contributed by atoms with Gasteiger partial charge in [0.15, 0.2) is 0 Å². The monoisotopic (exact) mass is 248 g/mol. The van der Waals surface area contributed by atoms with Crippen LogP contribution in [0.15, 0.2) is 24.3 Å². The number of hydrogen-bond donors (Lipinski definition) is 1. The molecule has 0 radical (unpaired) electrons. The standard InChI is InChI=1S/C14H17ClN2/c15-13-9-5-4-8-12(13)14(10-16)17-11-6-2-1-3-7-11/h4-5,8-9,11,14,17H,1-3,6-7H2. The maximum absolute atomic E-state index is 9.26. The summed E-state index contributed by atoms with van der Waals surface area (Å²) in [6, 6.07) is 10.1. The smallest absolute Gasteiger partial charge is 0.123 e. The molecule has 1 aromatic rings. The molecular weight excluding hydrogens is 232 g/mol. The van der Waals surface area contributed by atoms with E-state index in [4.69, 9.17) is 11.6 Å². The molecule has 1 saturated carbocycles. The van der Waals surface area contributed by atoms with E-state index in [1.165, 1.54) is 32.1 Å². The number of hydrogen-bond acceptors (Lipinski definition) is 2. The van der Waals surface area contributed by atoms with Gasteiger partial charge in [0.2, 0.25) is 0 Å². The zero-order valence-electron chi connectivity index (χ0n) is 9.82. The van der Waals surface area contributed by atoms with Gasteiger partial charge in [0.25, 0.3) is 0 Å². The second-order valence-corrected chi connectivity index (χ2v) is 4.99. The van der Waals surface area contributed by atoms with Crippen molar-refractivity contribution in [2.24, 2.45) is 0 Å². The molecule has 0 aromatic heterocycles. The molecule has 1 aliphatic rings. The van der Waals surface area contributed by atoms with Crippen molar-refractivity contribution in [3.8, 4) is 6.07 Å². The van der Waals surface area contributed by atoms with Crippen molar-refractivity contribution in [2.45, 2.75) is 44.2 Å². The molecule has 2 rings (SSSR count). The van der Waals surface area contributed by atoms with Crippen molar-refractivity contribution < 1.29 is 0 Å². The van der Waals surface area contributed by atoms with Gasteiger partial charge in [-0.3, -0.25) is 5.32 Å². The fourth-order valence-corrected chi connectivity index (χ4v) is 2.66. The topological polar surface area (TPSA) is 35.8 Å². The van der Waals surface area contributed by atoms with E-state index in [9.17, 15) is 5.26 Å². The average Bonchev–Trinajstić information content (AvgIpc) is 2.38. The zero-order chi connectivity index (χ0) is 12.1. The molecule has 1 atom stereocenters. The highest BCUT2D eigenvalue weighted by atomic mass is 35.5. The number of benzene rings is 1. The van der Waals surface area contributed by atoms with E-state index in [0.29, 0.717) is 11.1 Å². The molecule has 0 saturated heterocycles. The molecule has 90 valence electrons. The molecule has 0 amide bonds. The van der Waals surface area contributed by atoms with Gasteiger partial charge in [-0.1, -0.05) is 49.1 Å². The fraction of sp³-hybridized carbons (Fsp3) is 0.500. The molecule has 2 nitrogen and oxygen atoms in total. The molecule has 1 aliphatic carbocycles. The van der Waals surface area contributed by atoms with Crippen LogP contribution >= 0.6 is 11.6 Å². The van der Waals surface area contributed by atoms with Gasteiger partial charge in [-0.2, -0.15) is 5.26 Å². The highest BCUT2D eigenvalue weighted by molar-refractivity contribution is 6.31. The molecule has 1 unspecified atom stereocenters. The van der Waals surface area contributed by atoms with E-state index in [1.807, 2.05) is 24.3 Å². The summed E-state index contributed by atoms with van der Waals surface area (Å²) in [5.74, 6) is 0. The molecule has 0 heterocycles. The summed E-state index contributed by atoms with van der Waals surface area (Å²) < 4.78 is 0. The third-order valence-corrected chi connectivity index (χ3v) is 3.70. The third-order valence-electron chi connectivity index (χ3n) is 3.35. The van der Waals surface area contributed by atoms with Gasteiger partial charge in [0.1, 0.15) is 6.04 Å². The second-order valence-electron chi connectivity index (χ2n) is 4.59. The average molecular weight is 249 g/mol. The largest absolute Gasteiger partial charge is 0.295 e. The Labute approximate surface area is 108 Å². The van der Waals surface area contributed by atoms with Crippen LogP contribution < -0.4 is 5.32 Å². The summed E-state index contributed by atoms with van der Waals surface area (Å²) in [5.41, 5.74) is 0.891. The van der Waals surface area contributed by atoms with Crippen molar-refractivity contribution in [3.63, 3.8) is 0 Å². The number of rotatable bonds is 3. The maximum Gasteiger partial charge on any atom is 0.123 e. The Balaban J connectivity index is 2.06. The summed E-state index contributed by atoms with van der Waals surface area (Å²) in [5, 5.41) is 13.3. The van der Waals surface area contributed by atoms with Gasteiger partial charge in [-0.15, -0.1) is 0 Å². The SMILES string of the molecule is N#CC(NC1CCCCC1)c1ccccc1Cl. The lowest BCUT2D eigenvalue weighted by atomic mass is 9.94. The lowest BCUT2D eigenvalue weighted by Crippen LogP contribution is -2.33. The van der Waals surface area contributed by atoms with E-state index < -0.39 is 0 Å². The van der Waals surface area contributed by atoms with Crippen LogP contribution in [-0.4, -0.2) is 6.04 Å². The third kappa shape index (κ3) is 3.21. The Morgan fingerprint density at radius 1 is 1.24 bits per heavy atom. The summed E-state index contributed by atoms with van der Waals surface area (Å²) >= 11 is 6.12. The van der Waals surface area contributed by atoms with E-state index in [-0.39, 0.29) is 6.04 Å². The number of nitriles is 1. The predicted molar refractivity (Wildman–Crippen MR) is 69.8 cm³/mol. The Morgan fingerprint density at radius 2 is 1.94 bits per heavy atom. The zero-order valence-corrected chi connectivity index (χ0v) is 10.6. The molecule has 0 bridgehead atoms. The van der Waals surface area contributed by atoms with Gasteiger partial charge < -0.3 is 0 Å². The number of nitrogens with one attached hydrogen (secondary N) is 1. The van der Waals surface area contributed by atoms with Gasteiger partial charge in [0, 0.05) is 16.6 Å². The summed E-state index contributed by atoms with van der Waals surface area (Å²) in [6.45, 7) is 0. The molecule has 1 fully saturated rings. The first-order chi connectivity index (χ1) is 8.31. The Hall–Kier alpha value is -1.04. The molecule has 1 aromatic carbocycles. The summed E-state index contributed by atoms with van der Waals surface area (Å²) in [4.78, 5) is 0. The van der Waals surface area contributed by atoms with Crippen LogP contribution in [0, 0.1) is 11.3 Å². The van der Waals surface area contributed by atoms with Crippen LogP contribution in [0.4, 0.5) is 0 Å². The van der Waals surface area contributed by atoms with Gasteiger partial charge in [0.05, 0.1) is 6.07 Å². The van der Waals surface area contributed by atoms with E-state index in [2.05, 4.69) is 11.4 Å². The first kappa shape index (κ1) is 12.4. The van der Waals surface area contributed by atoms with E-state index in [0.717, 1.165) is 5.56 Å². The Bertz CT molecular complexity index is 405. The highest BCUT2D eigenvalue weighted by Gasteiger charge is 2.20. The second kappa shape index (κ2) is 6.05. The van der Waals surface area contributed by atoms with Gasteiger partial charge in [-0.05, 0) is 18.9 Å². The number of halogens is 1. The van der Waals surface area contributed by atoms with Gasteiger partial charge in [-0.25, -0.2) is 0 Å². The molecule has 0 aliphatic heterocycles. The minimum Gasteiger partial charge on any atom is -0.295 e. The van der Waals surface area contributed by atoms with Crippen LogP contribution in [-0.2, 0) is 0 Å². The van der Waals surface area contributed by atoms with E-state index in [1.54, 1.807) is 0 Å². The minimum absolute atomic E-state index is 0.285. The van der Waals surface area contributed by atoms with E-state index >= 15 is 0 Å². The van der Waals surface area contributed by atoms with Crippen LogP contribution in [0.5, 0.6) is 0 Å². The van der Waals surface area contributed by atoms with Crippen molar-refractivity contribution in [3.05, 3.63) is 34.9 Å². The highest BCUT2D eigenvalue weighted by Crippen LogP contribution is 2.25. The molecule has 3 heteroatoms. The molecule has 0 spiro atoms. The Morgan fingerprint density at radius 3 is 2.59 bits per heavy atom.